The minimum Gasteiger partial charge on any atom is -0.494 e. The molecule has 0 radical (unpaired) electrons. The molecule has 0 aliphatic rings. The number of ether oxygens (including phenoxy) is 1. The van der Waals surface area contributed by atoms with Gasteiger partial charge in [-0.05, 0) is 49.6 Å². The number of aryl methyl sites for hydroxylation is 2. The SMILES string of the molecule is Cc1ncc(-c2nc(-c3ccc(Cl)cc3)c(CCCCOc3ccc(CO)cc3)o2)[nH]1. The van der Waals surface area contributed by atoms with Crippen LogP contribution in [0, 0.1) is 6.92 Å². The van der Waals surface area contributed by atoms with Crippen LogP contribution in [0.5, 0.6) is 5.75 Å². The Labute approximate surface area is 185 Å². The van der Waals surface area contributed by atoms with Gasteiger partial charge < -0.3 is 19.2 Å². The molecular weight excluding hydrogens is 414 g/mol. The molecule has 0 atom stereocenters. The number of halogens is 1. The van der Waals surface area contributed by atoms with Crippen molar-refractivity contribution in [3.63, 3.8) is 0 Å². The third-order valence-corrected chi connectivity index (χ3v) is 5.17. The molecule has 0 aliphatic carbocycles. The lowest BCUT2D eigenvalue weighted by Gasteiger charge is -2.06. The smallest absolute Gasteiger partial charge is 0.245 e. The van der Waals surface area contributed by atoms with Crippen LogP contribution in [0.15, 0.2) is 59.1 Å². The molecule has 6 nitrogen and oxygen atoms in total. The Morgan fingerprint density at radius 2 is 1.84 bits per heavy atom. The summed E-state index contributed by atoms with van der Waals surface area (Å²) >= 11 is 6.05. The molecule has 4 aromatic rings. The number of hydrogen-bond acceptors (Lipinski definition) is 5. The van der Waals surface area contributed by atoms with Crippen molar-refractivity contribution in [3.05, 3.63) is 76.9 Å². The van der Waals surface area contributed by atoms with Crippen molar-refractivity contribution < 1.29 is 14.3 Å². The van der Waals surface area contributed by atoms with Crippen molar-refractivity contribution in [1.82, 2.24) is 15.0 Å². The molecule has 2 aromatic carbocycles. The van der Waals surface area contributed by atoms with Gasteiger partial charge in [-0.25, -0.2) is 9.97 Å². The summed E-state index contributed by atoms with van der Waals surface area (Å²) in [6.45, 7) is 2.54. The van der Waals surface area contributed by atoms with Gasteiger partial charge in [0.15, 0.2) is 0 Å². The maximum atomic E-state index is 9.11. The lowest BCUT2D eigenvalue weighted by atomic mass is 10.1. The third-order valence-electron chi connectivity index (χ3n) is 4.92. The number of aromatic amines is 1. The Hall–Kier alpha value is -3.09. The highest BCUT2D eigenvalue weighted by atomic mass is 35.5. The topological polar surface area (TPSA) is 84.2 Å². The second kappa shape index (κ2) is 9.81. The first kappa shape index (κ1) is 21.2. The Balaban J connectivity index is 1.42. The maximum absolute atomic E-state index is 9.11. The quantitative estimate of drug-likeness (QED) is 0.333. The van der Waals surface area contributed by atoms with Crippen LogP contribution in [0.2, 0.25) is 5.02 Å². The van der Waals surface area contributed by atoms with Gasteiger partial charge in [0.25, 0.3) is 0 Å². The fourth-order valence-corrected chi connectivity index (χ4v) is 3.39. The summed E-state index contributed by atoms with van der Waals surface area (Å²) in [5.74, 6) is 2.97. The zero-order valence-corrected chi connectivity index (χ0v) is 18.0. The predicted molar refractivity (Wildman–Crippen MR) is 120 cm³/mol. The van der Waals surface area contributed by atoms with Crippen LogP contribution in [0.3, 0.4) is 0 Å². The Kier molecular flexibility index (Phi) is 6.70. The largest absolute Gasteiger partial charge is 0.494 e. The zero-order chi connectivity index (χ0) is 21.6. The van der Waals surface area contributed by atoms with Crippen LogP contribution < -0.4 is 4.74 Å². The van der Waals surface area contributed by atoms with E-state index in [0.29, 0.717) is 17.5 Å². The van der Waals surface area contributed by atoms with Gasteiger partial charge >= 0.3 is 0 Å². The molecule has 0 aliphatic heterocycles. The van der Waals surface area contributed by atoms with Gasteiger partial charge in [0.05, 0.1) is 19.4 Å². The first-order chi connectivity index (χ1) is 15.1. The monoisotopic (exact) mass is 437 g/mol. The van der Waals surface area contributed by atoms with E-state index in [0.717, 1.165) is 59.1 Å². The zero-order valence-electron chi connectivity index (χ0n) is 17.3. The van der Waals surface area contributed by atoms with Gasteiger partial charge in [-0.2, -0.15) is 0 Å². The normalized spacial score (nSPS) is 11.1. The third kappa shape index (κ3) is 5.34. The molecule has 0 spiro atoms. The van der Waals surface area contributed by atoms with Crippen LogP contribution in [0.4, 0.5) is 0 Å². The number of aliphatic hydroxyl groups excluding tert-OH is 1. The summed E-state index contributed by atoms with van der Waals surface area (Å²) in [7, 11) is 0. The number of benzene rings is 2. The number of nitrogens with one attached hydrogen (secondary N) is 1. The molecule has 2 aromatic heterocycles. The van der Waals surface area contributed by atoms with E-state index in [4.69, 9.17) is 30.8 Å². The molecule has 160 valence electrons. The predicted octanol–water partition coefficient (Wildman–Crippen LogP) is 5.59. The lowest BCUT2D eigenvalue weighted by molar-refractivity contribution is 0.281. The summed E-state index contributed by atoms with van der Waals surface area (Å²) in [4.78, 5) is 12.1. The van der Waals surface area contributed by atoms with Crippen LogP contribution in [-0.4, -0.2) is 26.7 Å². The molecule has 31 heavy (non-hydrogen) atoms. The highest BCUT2D eigenvalue weighted by Gasteiger charge is 2.17. The second-order valence-electron chi connectivity index (χ2n) is 7.29. The molecule has 2 N–H and O–H groups in total. The fourth-order valence-electron chi connectivity index (χ4n) is 3.27. The lowest BCUT2D eigenvalue weighted by Crippen LogP contribution is -1.98. The molecule has 0 amide bonds. The number of imidazole rings is 1. The summed E-state index contributed by atoms with van der Waals surface area (Å²) in [5.41, 5.74) is 3.41. The van der Waals surface area contributed by atoms with Crippen LogP contribution in [-0.2, 0) is 13.0 Å². The van der Waals surface area contributed by atoms with Crippen LogP contribution >= 0.6 is 11.6 Å². The second-order valence-corrected chi connectivity index (χ2v) is 7.72. The first-order valence-electron chi connectivity index (χ1n) is 10.2. The Bertz CT molecular complexity index is 1120. The number of nitrogens with zero attached hydrogens (tertiary/aromatic N) is 2. The van der Waals surface area contributed by atoms with E-state index < -0.39 is 0 Å². The highest BCUT2D eigenvalue weighted by molar-refractivity contribution is 6.30. The van der Waals surface area contributed by atoms with Crippen molar-refractivity contribution >= 4 is 11.6 Å². The van der Waals surface area contributed by atoms with E-state index in [9.17, 15) is 0 Å². The number of rotatable bonds is 9. The number of unbranched alkanes of at least 4 members (excludes halogenated alkanes) is 1. The summed E-state index contributed by atoms with van der Waals surface area (Å²) in [5, 5.41) is 9.79. The van der Waals surface area contributed by atoms with Gasteiger partial charge in [0.1, 0.15) is 28.7 Å². The van der Waals surface area contributed by atoms with Gasteiger partial charge in [0, 0.05) is 17.0 Å². The molecule has 4 rings (SSSR count). The summed E-state index contributed by atoms with van der Waals surface area (Å²) in [6, 6.07) is 15.1. The average molecular weight is 438 g/mol. The van der Waals surface area contributed by atoms with Gasteiger partial charge in [-0.1, -0.05) is 35.9 Å². The average Bonchev–Trinajstić information content (AvgIpc) is 3.41. The van der Waals surface area contributed by atoms with Gasteiger partial charge in [-0.3, -0.25) is 0 Å². The highest BCUT2D eigenvalue weighted by Crippen LogP contribution is 2.30. The minimum atomic E-state index is 0.0352. The summed E-state index contributed by atoms with van der Waals surface area (Å²) < 4.78 is 11.9. The number of H-pyrrole nitrogens is 1. The Morgan fingerprint density at radius 3 is 2.52 bits per heavy atom. The molecule has 0 bridgehead atoms. The van der Waals surface area contributed by atoms with E-state index in [2.05, 4.69) is 9.97 Å². The van der Waals surface area contributed by atoms with Gasteiger partial charge in [0.2, 0.25) is 5.89 Å². The molecule has 0 unspecified atom stereocenters. The number of aliphatic hydroxyl groups is 1. The summed E-state index contributed by atoms with van der Waals surface area (Å²) in [6.07, 6.45) is 4.24. The fraction of sp³-hybridized carbons (Fsp3) is 0.250. The van der Waals surface area contributed by atoms with E-state index >= 15 is 0 Å². The molecule has 7 heteroatoms. The Morgan fingerprint density at radius 1 is 1.06 bits per heavy atom. The number of oxazole rings is 1. The maximum Gasteiger partial charge on any atom is 0.245 e. The van der Waals surface area contributed by atoms with E-state index in [1.807, 2.05) is 55.5 Å². The van der Waals surface area contributed by atoms with Crippen molar-refractivity contribution in [3.8, 4) is 28.6 Å². The molecule has 2 heterocycles. The van der Waals surface area contributed by atoms with Crippen LogP contribution in [0.25, 0.3) is 22.8 Å². The van der Waals surface area contributed by atoms with Crippen molar-refractivity contribution in [2.24, 2.45) is 0 Å². The molecule has 0 fully saturated rings. The number of hydrogen-bond donors (Lipinski definition) is 2. The number of aromatic nitrogens is 3. The van der Waals surface area contributed by atoms with Crippen molar-refractivity contribution in [1.29, 1.82) is 0 Å². The van der Waals surface area contributed by atoms with Crippen molar-refractivity contribution in [2.75, 3.05) is 6.61 Å². The molecular formula is C24H24ClN3O3. The van der Waals surface area contributed by atoms with E-state index in [-0.39, 0.29) is 6.61 Å². The molecule has 0 saturated heterocycles. The molecule has 0 saturated carbocycles. The standard InChI is InChI=1S/C24H24ClN3O3/c1-16-26-14-21(27-16)24-28-23(18-7-9-19(25)10-8-18)22(31-24)4-2-3-13-30-20-11-5-17(15-29)6-12-20/h5-12,14,29H,2-4,13,15H2,1H3,(H,26,27). The minimum absolute atomic E-state index is 0.0352. The van der Waals surface area contributed by atoms with E-state index in [1.165, 1.54) is 0 Å². The van der Waals surface area contributed by atoms with E-state index in [1.54, 1.807) is 6.20 Å². The first-order valence-corrected chi connectivity index (χ1v) is 10.6. The van der Waals surface area contributed by atoms with Crippen LogP contribution in [0.1, 0.15) is 30.0 Å². The van der Waals surface area contributed by atoms with Crippen molar-refractivity contribution in [2.45, 2.75) is 32.8 Å². The van der Waals surface area contributed by atoms with Gasteiger partial charge in [-0.15, -0.1) is 0 Å².